The first kappa shape index (κ1) is 15.7. The standard InChI is InChI=1S/C10H14F4N2O/c1-3-9(4-2,5-15)8(17)16-6-10(13,14)7(11)12/h7H,3-4,6H2,1-2H3,(H,16,17). The molecule has 0 aromatic heterocycles. The van der Waals surface area contributed by atoms with E-state index in [0.29, 0.717) is 0 Å². The maximum Gasteiger partial charge on any atom is 0.324 e. The average molecular weight is 254 g/mol. The van der Waals surface area contributed by atoms with Gasteiger partial charge < -0.3 is 5.32 Å². The molecule has 0 saturated heterocycles. The Hall–Kier alpha value is -1.32. The Labute approximate surface area is 96.8 Å². The summed E-state index contributed by atoms with van der Waals surface area (Å²) >= 11 is 0. The van der Waals surface area contributed by atoms with Gasteiger partial charge in [0.1, 0.15) is 5.41 Å². The van der Waals surface area contributed by atoms with Crippen molar-refractivity contribution in [2.45, 2.75) is 39.0 Å². The molecule has 3 nitrogen and oxygen atoms in total. The van der Waals surface area contributed by atoms with Gasteiger partial charge in [-0.25, -0.2) is 8.78 Å². The third-order valence-corrected chi connectivity index (χ3v) is 2.66. The van der Waals surface area contributed by atoms with Gasteiger partial charge in [-0.3, -0.25) is 4.79 Å². The second kappa shape index (κ2) is 5.84. The third kappa shape index (κ3) is 3.58. The van der Waals surface area contributed by atoms with Crippen molar-refractivity contribution in [2.75, 3.05) is 6.54 Å². The second-order valence-corrected chi connectivity index (χ2v) is 3.65. The minimum absolute atomic E-state index is 0.131. The van der Waals surface area contributed by atoms with Crippen LogP contribution in [0.25, 0.3) is 0 Å². The summed E-state index contributed by atoms with van der Waals surface area (Å²) in [7, 11) is 0. The van der Waals surface area contributed by atoms with Crippen LogP contribution in [-0.2, 0) is 4.79 Å². The predicted molar refractivity (Wildman–Crippen MR) is 52.6 cm³/mol. The number of carbonyl (C=O) groups excluding carboxylic acids is 1. The van der Waals surface area contributed by atoms with Crippen molar-refractivity contribution in [3.63, 3.8) is 0 Å². The molecule has 0 radical (unpaired) electrons. The van der Waals surface area contributed by atoms with Crippen LogP contribution >= 0.6 is 0 Å². The Balaban J connectivity index is 4.62. The first-order valence-corrected chi connectivity index (χ1v) is 5.11. The maximum absolute atomic E-state index is 12.6. The fourth-order valence-electron chi connectivity index (χ4n) is 1.22. The minimum Gasteiger partial charge on any atom is -0.348 e. The van der Waals surface area contributed by atoms with E-state index in [1.165, 1.54) is 0 Å². The van der Waals surface area contributed by atoms with E-state index in [0.717, 1.165) is 0 Å². The predicted octanol–water partition coefficient (Wildman–Crippen LogP) is 2.33. The van der Waals surface area contributed by atoms with Gasteiger partial charge in [0.05, 0.1) is 12.6 Å². The van der Waals surface area contributed by atoms with Crippen LogP contribution in [0.4, 0.5) is 17.6 Å². The molecule has 98 valence electrons. The summed E-state index contributed by atoms with van der Waals surface area (Å²) < 4.78 is 48.8. The summed E-state index contributed by atoms with van der Waals surface area (Å²) in [6.45, 7) is 1.64. The highest BCUT2D eigenvalue weighted by Crippen LogP contribution is 2.27. The van der Waals surface area contributed by atoms with Crippen LogP contribution < -0.4 is 5.32 Å². The molecule has 0 atom stereocenters. The average Bonchev–Trinajstić information content (AvgIpc) is 2.29. The Bertz CT molecular complexity index is 308. The Morgan fingerprint density at radius 3 is 2.12 bits per heavy atom. The highest BCUT2D eigenvalue weighted by molar-refractivity contribution is 5.85. The van der Waals surface area contributed by atoms with Crippen LogP contribution in [0.1, 0.15) is 26.7 Å². The molecule has 0 bridgehead atoms. The maximum atomic E-state index is 12.6. The van der Waals surface area contributed by atoms with Gasteiger partial charge in [0.15, 0.2) is 0 Å². The van der Waals surface area contributed by atoms with Crippen LogP contribution in [0.5, 0.6) is 0 Å². The van der Waals surface area contributed by atoms with E-state index in [-0.39, 0.29) is 12.8 Å². The molecule has 0 spiro atoms. The van der Waals surface area contributed by atoms with Crippen molar-refractivity contribution in [3.8, 4) is 6.07 Å². The van der Waals surface area contributed by atoms with Gasteiger partial charge in [0.2, 0.25) is 5.91 Å². The van der Waals surface area contributed by atoms with Crippen LogP contribution in [0.2, 0.25) is 0 Å². The normalized spacial score (nSPS) is 12.4. The topological polar surface area (TPSA) is 52.9 Å². The monoisotopic (exact) mass is 254 g/mol. The van der Waals surface area contributed by atoms with E-state index in [4.69, 9.17) is 5.26 Å². The molecule has 0 rings (SSSR count). The summed E-state index contributed by atoms with van der Waals surface area (Å²) in [5, 5.41) is 10.5. The summed E-state index contributed by atoms with van der Waals surface area (Å²) in [5.74, 6) is -5.22. The molecule has 17 heavy (non-hydrogen) atoms. The van der Waals surface area contributed by atoms with E-state index in [1.807, 2.05) is 0 Å². The highest BCUT2D eigenvalue weighted by Gasteiger charge is 2.43. The van der Waals surface area contributed by atoms with Crippen molar-refractivity contribution in [2.24, 2.45) is 5.41 Å². The fourth-order valence-corrected chi connectivity index (χ4v) is 1.22. The lowest BCUT2D eigenvalue weighted by atomic mass is 9.83. The molecular weight excluding hydrogens is 240 g/mol. The van der Waals surface area contributed by atoms with Gasteiger partial charge in [0.25, 0.3) is 0 Å². The van der Waals surface area contributed by atoms with Crippen molar-refractivity contribution in [3.05, 3.63) is 0 Å². The first-order valence-electron chi connectivity index (χ1n) is 5.11. The quantitative estimate of drug-likeness (QED) is 0.739. The van der Waals surface area contributed by atoms with E-state index in [2.05, 4.69) is 0 Å². The molecule has 1 amide bonds. The van der Waals surface area contributed by atoms with Gasteiger partial charge in [-0.15, -0.1) is 0 Å². The largest absolute Gasteiger partial charge is 0.348 e. The van der Waals surface area contributed by atoms with Crippen molar-refractivity contribution < 1.29 is 22.4 Å². The molecule has 0 aromatic carbocycles. The molecule has 0 aromatic rings. The number of hydrogen-bond donors (Lipinski definition) is 1. The molecule has 0 unspecified atom stereocenters. The van der Waals surface area contributed by atoms with Crippen molar-refractivity contribution in [1.82, 2.24) is 5.32 Å². The molecule has 0 aliphatic rings. The van der Waals surface area contributed by atoms with Crippen LogP contribution in [0.3, 0.4) is 0 Å². The lowest BCUT2D eigenvalue weighted by Crippen LogP contribution is -2.46. The Kier molecular flexibility index (Phi) is 5.39. The molecule has 0 saturated carbocycles. The first-order chi connectivity index (χ1) is 7.75. The molecule has 0 aliphatic heterocycles. The highest BCUT2D eigenvalue weighted by atomic mass is 19.3. The van der Waals surface area contributed by atoms with Crippen LogP contribution in [0, 0.1) is 16.7 Å². The van der Waals surface area contributed by atoms with Crippen molar-refractivity contribution in [1.29, 1.82) is 5.26 Å². The van der Waals surface area contributed by atoms with E-state index in [9.17, 15) is 22.4 Å². The summed E-state index contributed by atoms with van der Waals surface area (Å²) in [6, 6.07) is 1.74. The molecule has 0 fully saturated rings. The lowest BCUT2D eigenvalue weighted by Gasteiger charge is -2.24. The number of nitriles is 1. The van der Waals surface area contributed by atoms with Crippen molar-refractivity contribution >= 4 is 5.91 Å². The zero-order chi connectivity index (χ0) is 13.7. The zero-order valence-electron chi connectivity index (χ0n) is 9.57. The zero-order valence-corrected chi connectivity index (χ0v) is 9.57. The summed E-state index contributed by atoms with van der Waals surface area (Å²) in [5.41, 5.74) is -1.43. The number of alkyl halides is 4. The van der Waals surface area contributed by atoms with Gasteiger partial charge in [-0.05, 0) is 12.8 Å². The van der Waals surface area contributed by atoms with E-state index in [1.54, 1.807) is 25.2 Å². The Morgan fingerprint density at radius 2 is 1.82 bits per heavy atom. The number of rotatable bonds is 6. The smallest absolute Gasteiger partial charge is 0.324 e. The molecule has 7 heteroatoms. The molecule has 0 aliphatic carbocycles. The van der Waals surface area contributed by atoms with Gasteiger partial charge in [-0.2, -0.15) is 14.0 Å². The number of hydrogen-bond acceptors (Lipinski definition) is 2. The van der Waals surface area contributed by atoms with Crippen LogP contribution in [-0.4, -0.2) is 24.8 Å². The SMILES string of the molecule is CCC(C#N)(CC)C(=O)NCC(F)(F)C(F)F. The molecular formula is C10H14F4N2O. The minimum atomic E-state index is -4.28. The third-order valence-electron chi connectivity index (χ3n) is 2.66. The molecule has 1 N–H and O–H groups in total. The summed E-state index contributed by atoms with van der Waals surface area (Å²) in [6.07, 6.45) is -3.58. The molecule has 0 heterocycles. The fraction of sp³-hybridized carbons (Fsp3) is 0.800. The number of halogens is 4. The number of nitrogens with zero attached hydrogens (tertiary/aromatic N) is 1. The van der Waals surface area contributed by atoms with Gasteiger partial charge in [-0.1, -0.05) is 13.8 Å². The number of nitrogens with one attached hydrogen (secondary N) is 1. The van der Waals surface area contributed by atoms with E-state index < -0.39 is 30.2 Å². The lowest BCUT2D eigenvalue weighted by molar-refractivity contribution is -0.141. The summed E-state index contributed by atoms with van der Waals surface area (Å²) in [4.78, 5) is 11.5. The van der Waals surface area contributed by atoms with Crippen LogP contribution in [0.15, 0.2) is 0 Å². The Morgan fingerprint density at radius 1 is 1.35 bits per heavy atom. The van der Waals surface area contributed by atoms with Gasteiger partial charge in [0, 0.05) is 0 Å². The van der Waals surface area contributed by atoms with E-state index >= 15 is 0 Å². The second-order valence-electron chi connectivity index (χ2n) is 3.65. The number of amides is 1. The van der Waals surface area contributed by atoms with Gasteiger partial charge >= 0.3 is 12.3 Å². The number of carbonyl (C=O) groups is 1.